The minimum absolute atomic E-state index is 0.0467. The first kappa shape index (κ1) is 13.6. The highest BCUT2D eigenvalue weighted by Crippen LogP contribution is 2.30. The number of rotatable bonds is 5. The summed E-state index contributed by atoms with van der Waals surface area (Å²) < 4.78 is 0. The fourth-order valence-electron chi connectivity index (χ4n) is 2.74. The van der Waals surface area contributed by atoms with Gasteiger partial charge in [0.05, 0.1) is 4.88 Å². The molecule has 1 aliphatic carbocycles. The molecule has 1 heterocycles. The van der Waals surface area contributed by atoms with Gasteiger partial charge in [-0.05, 0) is 48.1 Å². The zero-order chi connectivity index (χ0) is 13.0. The van der Waals surface area contributed by atoms with Crippen LogP contribution in [0, 0.1) is 11.8 Å². The van der Waals surface area contributed by atoms with Crippen molar-refractivity contribution in [3.05, 3.63) is 21.9 Å². The normalized spacial score (nSPS) is 23.2. The zero-order valence-corrected chi connectivity index (χ0v) is 11.6. The standard InChI is InChI=1S/C14H21NO2S/c1-2-10-6-7-18-13(10)14(17)15-8-11-4-3-5-12(11)9-16/h6-7,11-12,16H,2-5,8-9H2,1H3,(H,15,17). The van der Waals surface area contributed by atoms with E-state index >= 15 is 0 Å². The Balaban J connectivity index is 1.88. The van der Waals surface area contributed by atoms with Crippen LogP contribution >= 0.6 is 11.3 Å². The molecule has 4 heteroatoms. The van der Waals surface area contributed by atoms with Crippen molar-refractivity contribution in [2.24, 2.45) is 11.8 Å². The third-order valence-electron chi connectivity index (χ3n) is 3.91. The lowest BCUT2D eigenvalue weighted by Gasteiger charge is -2.17. The van der Waals surface area contributed by atoms with Gasteiger partial charge in [-0.3, -0.25) is 4.79 Å². The topological polar surface area (TPSA) is 49.3 Å². The van der Waals surface area contributed by atoms with E-state index in [0.29, 0.717) is 18.4 Å². The van der Waals surface area contributed by atoms with Crippen LogP contribution in [0.3, 0.4) is 0 Å². The molecule has 3 nitrogen and oxygen atoms in total. The first-order valence-electron chi connectivity index (χ1n) is 6.71. The Morgan fingerprint density at radius 1 is 1.50 bits per heavy atom. The van der Waals surface area contributed by atoms with Crippen molar-refractivity contribution in [3.63, 3.8) is 0 Å². The fraction of sp³-hybridized carbons (Fsp3) is 0.643. The number of carbonyl (C=O) groups excluding carboxylic acids is 1. The Morgan fingerprint density at radius 3 is 3.00 bits per heavy atom. The Hall–Kier alpha value is -0.870. The third kappa shape index (κ3) is 2.93. The fourth-order valence-corrected chi connectivity index (χ4v) is 3.65. The second kappa shape index (κ2) is 6.34. The number of hydrogen-bond acceptors (Lipinski definition) is 3. The van der Waals surface area contributed by atoms with E-state index in [1.54, 1.807) is 0 Å². The van der Waals surface area contributed by atoms with Gasteiger partial charge in [-0.15, -0.1) is 11.3 Å². The molecule has 1 fully saturated rings. The highest BCUT2D eigenvalue weighted by atomic mass is 32.1. The molecule has 1 amide bonds. The number of thiophene rings is 1. The largest absolute Gasteiger partial charge is 0.396 e. The Bertz CT molecular complexity index is 402. The monoisotopic (exact) mass is 267 g/mol. The number of amides is 1. The van der Waals surface area contributed by atoms with Crippen LogP contribution in [0.25, 0.3) is 0 Å². The Morgan fingerprint density at radius 2 is 2.28 bits per heavy atom. The van der Waals surface area contributed by atoms with Crippen LogP contribution in [-0.4, -0.2) is 24.2 Å². The molecule has 2 atom stereocenters. The van der Waals surface area contributed by atoms with Gasteiger partial charge in [0.25, 0.3) is 5.91 Å². The highest BCUT2D eigenvalue weighted by molar-refractivity contribution is 7.12. The van der Waals surface area contributed by atoms with Gasteiger partial charge in [-0.2, -0.15) is 0 Å². The van der Waals surface area contributed by atoms with Gasteiger partial charge in [-0.25, -0.2) is 0 Å². The number of aryl methyl sites for hydroxylation is 1. The zero-order valence-electron chi connectivity index (χ0n) is 10.8. The van der Waals surface area contributed by atoms with Crippen LogP contribution in [0.15, 0.2) is 11.4 Å². The van der Waals surface area contributed by atoms with Crippen LogP contribution in [0.1, 0.15) is 41.4 Å². The van der Waals surface area contributed by atoms with E-state index in [9.17, 15) is 9.90 Å². The van der Waals surface area contributed by atoms with Gasteiger partial charge < -0.3 is 10.4 Å². The third-order valence-corrected chi connectivity index (χ3v) is 4.87. The number of aliphatic hydroxyl groups excluding tert-OH is 1. The number of aliphatic hydroxyl groups is 1. The van der Waals surface area contributed by atoms with E-state index in [2.05, 4.69) is 12.2 Å². The predicted molar refractivity (Wildman–Crippen MR) is 73.9 cm³/mol. The highest BCUT2D eigenvalue weighted by Gasteiger charge is 2.27. The molecule has 2 rings (SSSR count). The van der Waals surface area contributed by atoms with Crippen molar-refractivity contribution < 1.29 is 9.90 Å². The lowest BCUT2D eigenvalue weighted by atomic mass is 9.97. The quantitative estimate of drug-likeness (QED) is 0.861. The van der Waals surface area contributed by atoms with Gasteiger partial charge in [0, 0.05) is 13.2 Å². The molecule has 18 heavy (non-hydrogen) atoms. The Labute approximate surface area is 112 Å². The lowest BCUT2D eigenvalue weighted by molar-refractivity contribution is 0.0941. The second-order valence-corrected chi connectivity index (χ2v) is 5.89. The minimum atomic E-state index is 0.0467. The molecule has 1 saturated carbocycles. The van der Waals surface area contributed by atoms with Gasteiger partial charge in [0.2, 0.25) is 0 Å². The molecule has 0 saturated heterocycles. The summed E-state index contributed by atoms with van der Waals surface area (Å²) in [4.78, 5) is 12.9. The number of nitrogens with one attached hydrogen (secondary N) is 1. The van der Waals surface area contributed by atoms with Crippen molar-refractivity contribution in [1.29, 1.82) is 0 Å². The molecule has 1 aromatic rings. The van der Waals surface area contributed by atoms with Gasteiger partial charge in [0.1, 0.15) is 0 Å². The van der Waals surface area contributed by atoms with Gasteiger partial charge >= 0.3 is 0 Å². The van der Waals surface area contributed by atoms with Crippen LogP contribution in [0.4, 0.5) is 0 Å². The molecule has 100 valence electrons. The summed E-state index contributed by atoms with van der Waals surface area (Å²) in [7, 11) is 0. The smallest absolute Gasteiger partial charge is 0.261 e. The molecule has 0 aromatic carbocycles. The van der Waals surface area contributed by atoms with Crippen LogP contribution in [-0.2, 0) is 6.42 Å². The molecule has 1 aromatic heterocycles. The van der Waals surface area contributed by atoms with Crippen molar-refractivity contribution in [1.82, 2.24) is 5.32 Å². The molecule has 2 N–H and O–H groups in total. The van der Waals surface area contributed by atoms with Crippen molar-refractivity contribution in [2.45, 2.75) is 32.6 Å². The maximum atomic E-state index is 12.1. The van der Waals surface area contributed by atoms with E-state index in [4.69, 9.17) is 0 Å². The van der Waals surface area contributed by atoms with Crippen LogP contribution in [0.5, 0.6) is 0 Å². The molecular formula is C14H21NO2S. The van der Waals surface area contributed by atoms with E-state index in [-0.39, 0.29) is 12.5 Å². The average Bonchev–Trinajstić information content (AvgIpc) is 3.03. The van der Waals surface area contributed by atoms with Crippen molar-refractivity contribution in [2.75, 3.05) is 13.2 Å². The first-order chi connectivity index (χ1) is 8.76. The predicted octanol–water partition coefficient (Wildman–Crippen LogP) is 2.45. The molecular weight excluding hydrogens is 246 g/mol. The number of carbonyl (C=O) groups is 1. The molecule has 0 spiro atoms. The molecule has 0 radical (unpaired) electrons. The molecule has 0 bridgehead atoms. The first-order valence-corrected chi connectivity index (χ1v) is 7.59. The molecule has 1 aliphatic rings. The summed E-state index contributed by atoms with van der Waals surface area (Å²) >= 11 is 1.51. The minimum Gasteiger partial charge on any atom is -0.396 e. The lowest BCUT2D eigenvalue weighted by Crippen LogP contribution is -2.31. The summed E-state index contributed by atoms with van der Waals surface area (Å²) in [6.45, 7) is 3.02. The van der Waals surface area contributed by atoms with E-state index in [1.807, 2.05) is 11.4 Å². The van der Waals surface area contributed by atoms with E-state index in [0.717, 1.165) is 29.7 Å². The second-order valence-electron chi connectivity index (χ2n) is 4.97. The summed E-state index contributed by atoms with van der Waals surface area (Å²) in [6, 6.07) is 2.02. The van der Waals surface area contributed by atoms with Crippen LogP contribution in [0.2, 0.25) is 0 Å². The van der Waals surface area contributed by atoms with Crippen molar-refractivity contribution >= 4 is 17.2 Å². The summed E-state index contributed by atoms with van der Waals surface area (Å²) in [5.74, 6) is 0.869. The van der Waals surface area contributed by atoms with Crippen LogP contribution < -0.4 is 5.32 Å². The van der Waals surface area contributed by atoms with E-state index in [1.165, 1.54) is 17.8 Å². The molecule has 0 aliphatic heterocycles. The maximum Gasteiger partial charge on any atom is 0.261 e. The average molecular weight is 267 g/mol. The summed E-state index contributed by atoms with van der Waals surface area (Å²) in [6.07, 6.45) is 4.28. The van der Waals surface area contributed by atoms with Gasteiger partial charge in [0.15, 0.2) is 0 Å². The molecule has 2 unspecified atom stereocenters. The van der Waals surface area contributed by atoms with Gasteiger partial charge in [-0.1, -0.05) is 13.3 Å². The maximum absolute atomic E-state index is 12.1. The summed E-state index contributed by atoms with van der Waals surface area (Å²) in [5, 5.41) is 14.3. The number of hydrogen-bond donors (Lipinski definition) is 2. The Kier molecular flexibility index (Phi) is 4.78. The van der Waals surface area contributed by atoms with E-state index < -0.39 is 0 Å². The SMILES string of the molecule is CCc1ccsc1C(=O)NCC1CCCC1CO. The van der Waals surface area contributed by atoms with Crippen molar-refractivity contribution in [3.8, 4) is 0 Å². The summed E-state index contributed by atoms with van der Waals surface area (Å²) in [5.41, 5.74) is 1.13.